The van der Waals surface area contributed by atoms with Gasteiger partial charge in [0.05, 0.1) is 6.26 Å². The minimum Gasteiger partial charge on any atom is -0.459 e. The highest BCUT2D eigenvalue weighted by atomic mass is 16.3. The van der Waals surface area contributed by atoms with Crippen LogP contribution in [0.3, 0.4) is 0 Å². The fourth-order valence-electron chi connectivity index (χ4n) is 1.38. The zero-order valence-corrected chi connectivity index (χ0v) is 7.65. The van der Waals surface area contributed by atoms with E-state index in [0.717, 1.165) is 5.39 Å². The zero-order valence-electron chi connectivity index (χ0n) is 7.65. The number of furan rings is 1. The Balaban J connectivity index is 2.81. The van der Waals surface area contributed by atoms with Crippen LogP contribution < -0.4 is 5.56 Å². The summed E-state index contributed by atoms with van der Waals surface area (Å²) >= 11 is 0. The van der Waals surface area contributed by atoms with Gasteiger partial charge in [-0.2, -0.15) is 0 Å². The molecular weight excluding hydrogens is 166 g/mol. The molecule has 0 fully saturated rings. The smallest absolute Gasteiger partial charge is 0.294 e. The van der Waals surface area contributed by atoms with Crippen LogP contribution >= 0.6 is 0 Å². The minimum atomic E-state index is -0.0579. The van der Waals surface area contributed by atoms with Crippen LogP contribution in [0.2, 0.25) is 0 Å². The van der Waals surface area contributed by atoms with E-state index in [1.165, 1.54) is 6.26 Å². The van der Waals surface area contributed by atoms with Crippen LogP contribution in [0.5, 0.6) is 0 Å². The second-order valence-electron chi connectivity index (χ2n) is 3.33. The van der Waals surface area contributed by atoms with Crippen molar-refractivity contribution in [3.05, 3.63) is 34.9 Å². The van der Waals surface area contributed by atoms with Gasteiger partial charge in [0.15, 0.2) is 5.58 Å². The predicted octanol–water partition coefficient (Wildman–Crippen LogP) is 2.18. The first-order chi connectivity index (χ1) is 6.20. The molecule has 0 spiro atoms. The summed E-state index contributed by atoms with van der Waals surface area (Å²) in [7, 11) is 0. The lowest BCUT2D eigenvalue weighted by molar-refractivity contribution is 0.558. The van der Waals surface area contributed by atoms with Crippen LogP contribution in [0.1, 0.15) is 19.9 Å². The van der Waals surface area contributed by atoms with Crippen molar-refractivity contribution in [1.82, 2.24) is 4.57 Å². The highest BCUT2D eigenvalue weighted by molar-refractivity contribution is 5.75. The molecule has 0 aromatic carbocycles. The minimum absolute atomic E-state index is 0.0579. The van der Waals surface area contributed by atoms with Crippen molar-refractivity contribution < 1.29 is 4.42 Å². The lowest BCUT2D eigenvalue weighted by Gasteiger charge is -2.07. The van der Waals surface area contributed by atoms with Crippen molar-refractivity contribution in [2.24, 2.45) is 0 Å². The van der Waals surface area contributed by atoms with E-state index in [0.29, 0.717) is 5.58 Å². The van der Waals surface area contributed by atoms with E-state index in [2.05, 4.69) is 0 Å². The molecule has 0 saturated heterocycles. The molecule has 0 amide bonds. The molecule has 2 rings (SSSR count). The second-order valence-corrected chi connectivity index (χ2v) is 3.33. The van der Waals surface area contributed by atoms with Crippen molar-refractivity contribution in [2.45, 2.75) is 19.9 Å². The second kappa shape index (κ2) is 2.76. The summed E-state index contributed by atoms with van der Waals surface area (Å²) in [6.07, 6.45) is 3.33. The van der Waals surface area contributed by atoms with E-state index in [4.69, 9.17) is 4.42 Å². The molecule has 0 radical (unpaired) electrons. The van der Waals surface area contributed by atoms with Crippen molar-refractivity contribution in [1.29, 1.82) is 0 Å². The average molecular weight is 177 g/mol. The van der Waals surface area contributed by atoms with Crippen molar-refractivity contribution in [3.8, 4) is 0 Å². The summed E-state index contributed by atoms with van der Waals surface area (Å²) in [5.41, 5.74) is 0.383. The van der Waals surface area contributed by atoms with Gasteiger partial charge in [-0.25, -0.2) is 0 Å². The Bertz CT molecular complexity index is 479. The van der Waals surface area contributed by atoms with E-state index >= 15 is 0 Å². The van der Waals surface area contributed by atoms with Crippen LogP contribution in [0.25, 0.3) is 11.0 Å². The van der Waals surface area contributed by atoms with Crippen LogP contribution in [0.4, 0.5) is 0 Å². The van der Waals surface area contributed by atoms with Gasteiger partial charge in [-0.15, -0.1) is 0 Å². The fourth-order valence-corrected chi connectivity index (χ4v) is 1.38. The van der Waals surface area contributed by atoms with E-state index in [-0.39, 0.29) is 11.6 Å². The Morgan fingerprint density at radius 2 is 2.15 bits per heavy atom. The maximum absolute atomic E-state index is 11.7. The average Bonchev–Trinajstić information content (AvgIpc) is 2.52. The summed E-state index contributed by atoms with van der Waals surface area (Å²) in [6, 6.07) is 3.85. The number of nitrogens with zero attached hydrogens (tertiary/aromatic N) is 1. The molecule has 68 valence electrons. The molecule has 0 unspecified atom stereocenters. The van der Waals surface area contributed by atoms with Crippen LogP contribution in [0, 0.1) is 0 Å². The topological polar surface area (TPSA) is 35.1 Å². The van der Waals surface area contributed by atoms with Gasteiger partial charge >= 0.3 is 0 Å². The van der Waals surface area contributed by atoms with Gasteiger partial charge in [0.1, 0.15) is 0 Å². The zero-order chi connectivity index (χ0) is 9.42. The third-order valence-corrected chi connectivity index (χ3v) is 2.10. The Kier molecular flexibility index (Phi) is 1.72. The van der Waals surface area contributed by atoms with Crippen molar-refractivity contribution >= 4 is 11.0 Å². The Morgan fingerprint density at radius 3 is 2.85 bits per heavy atom. The van der Waals surface area contributed by atoms with Gasteiger partial charge < -0.3 is 8.98 Å². The Hall–Kier alpha value is -1.51. The molecule has 13 heavy (non-hydrogen) atoms. The van der Waals surface area contributed by atoms with Gasteiger partial charge in [-0.3, -0.25) is 4.79 Å². The number of rotatable bonds is 1. The summed E-state index contributed by atoms with van der Waals surface area (Å²) < 4.78 is 6.76. The normalized spacial score (nSPS) is 11.3. The Labute approximate surface area is 75.6 Å². The van der Waals surface area contributed by atoms with Crippen molar-refractivity contribution in [2.75, 3.05) is 0 Å². The number of hydrogen-bond donors (Lipinski definition) is 0. The fraction of sp³-hybridized carbons (Fsp3) is 0.300. The quantitative estimate of drug-likeness (QED) is 0.669. The molecular formula is C10H11NO2. The van der Waals surface area contributed by atoms with Crippen LogP contribution in [0.15, 0.2) is 33.8 Å². The molecule has 0 aliphatic heterocycles. The van der Waals surface area contributed by atoms with Gasteiger partial charge in [0.25, 0.3) is 5.56 Å². The summed E-state index contributed by atoms with van der Waals surface area (Å²) in [5.74, 6) is 0. The van der Waals surface area contributed by atoms with Gasteiger partial charge in [-0.05, 0) is 26.0 Å². The molecule has 0 atom stereocenters. The van der Waals surface area contributed by atoms with Gasteiger partial charge in [0, 0.05) is 17.6 Å². The van der Waals surface area contributed by atoms with Crippen LogP contribution in [-0.4, -0.2) is 4.57 Å². The molecule has 0 aliphatic carbocycles. The standard InChI is InChI=1S/C10H11NO2/c1-7(2)11-5-3-8-4-6-13-9(8)10(11)12/h3-7H,1-2H3. The first kappa shape index (κ1) is 8.10. The van der Waals surface area contributed by atoms with Gasteiger partial charge in [0.2, 0.25) is 0 Å². The number of fused-ring (bicyclic) bond motifs is 1. The molecule has 2 heterocycles. The lowest BCUT2D eigenvalue weighted by Crippen LogP contribution is -2.20. The monoisotopic (exact) mass is 177 g/mol. The molecule has 0 N–H and O–H groups in total. The number of hydrogen-bond acceptors (Lipinski definition) is 2. The lowest BCUT2D eigenvalue weighted by atomic mass is 10.3. The third-order valence-electron chi connectivity index (χ3n) is 2.10. The predicted molar refractivity (Wildman–Crippen MR) is 50.9 cm³/mol. The van der Waals surface area contributed by atoms with Crippen molar-refractivity contribution in [3.63, 3.8) is 0 Å². The molecule has 0 aliphatic rings. The third kappa shape index (κ3) is 1.16. The number of aromatic nitrogens is 1. The molecule has 3 nitrogen and oxygen atoms in total. The van der Waals surface area contributed by atoms with E-state index < -0.39 is 0 Å². The summed E-state index contributed by atoms with van der Waals surface area (Å²) in [5, 5.41) is 0.863. The van der Waals surface area contributed by atoms with E-state index in [9.17, 15) is 4.79 Å². The maximum Gasteiger partial charge on any atom is 0.294 e. The molecule has 0 bridgehead atoms. The first-order valence-corrected chi connectivity index (χ1v) is 4.28. The largest absolute Gasteiger partial charge is 0.459 e. The summed E-state index contributed by atoms with van der Waals surface area (Å²) in [6.45, 7) is 3.94. The van der Waals surface area contributed by atoms with Crippen LogP contribution in [-0.2, 0) is 0 Å². The van der Waals surface area contributed by atoms with E-state index in [1.807, 2.05) is 19.9 Å². The number of pyridine rings is 1. The molecule has 0 saturated carbocycles. The molecule has 2 aromatic rings. The molecule has 3 heteroatoms. The van der Waals surface area contributed by atoms with Gasteiger partial charge in [-0.1, -0.05) is 0 Å². The molecule has 2 aromatic heterocycles. The Morgan fingerprint density at radius 1 is 1.38 bits per heavy atom. The maximum atomic E-state index is 11.7. The first-order valence-electron chi connectivity index (χ1n) is 4.28. The SMILES string of the molecule is CC(C)n1ccc2ccoc2c1=O. The highest BCUT2D eigenvalue weighted by Crippen LogP contribution is 2.11. The van der Waals surface area contributed by atoms with E-state index in [1.54, 1.807) is 16.8 Å². The highest BCUT2D eigenvalue weighted by Gasteiger charge is 2.06. The summed E-state index contributed by atoms with van der Waals surface area (Å²) in [4.78, 5) is 11.7.